The molecule has 2 rings (SSSR count). The van der Waals surface area contributed by atoms with Crippen LogP contribution in [0.2, 0.25) is 0 Å². The fraction of sp³-hybridized carbons (Fsp3) is 0.182. The van der Waals surface area contributed by atoms with Crippen molar-refractivity contribution in [3.63, 3.8) is 0 Å². The first kappa shape index (κ1) is 10.5. The van der Waals surface area contributed by atoms with Gasteiger partial charge in [-0.1, -0.05) is 0 Å². The van der Waals surface area contributed by atoms with Gasteiger partial charge in [-0.25, -0.2) is 0 Å². The summed E-state index contributed by atoms with van der Waals surface area (Å²) in [5.74, 6) is 0. The molecule has 2 nitrogen and oxygen atoms in total. The third-order valence-electron chi connectivity index (χ3n) is 2.48. The van der Waals surface area contributed by atoms with E-state index in [1.165, 1.54) is 4.88 Å². The van der Waals surface area contributed by atoms with Crippen molar-refractivity contribution in [2.75, 3.05) is 0 Å². The van der Waals surface area contributed by atoms with E-state index in [4.69, 9.17) is 5.26 Å². The van der Waals surface area contributed by atoms with Crippen molar-refractivity contribution in [1.82, 2.24) is 4.57 Å². The second kappa shape index (κ2) is 3.84. The highest BCUT2D eigenvalue weighted by atomic mass is 79.9. The van der Waals surface area contributed by atoms with Crippen LogP contribution in [0.1, 0.15) is 11.3 Å². The molecule has 0 fully saturated rings. The summed E-state index contributed by atoms with van der Waals surface area (Å²) >= 11 is 5.10. The number of nitrogens with zero attached hydrogens (tertiary/aromatic N) is 2. The molecule has 15 heavy (non-hydrogen) atoms. The molecule has 0 atom stereocenters. The summed E-state index contributed by atoms with van der Waals surface area (Å²) in [6.07, 6.45) is 0. The van der Waals surface area contributed by atoms with E-state index in [9.17, 15) is 0 Å². The van der Waals surface area contributed by atoms with Gasteiger partial charge in [0.2, 0.25) is 0 Å². The van der Waals surface area contributed by atoms with Crippen molar-refractivity contribution < 1.29 is 0 Å². The molecule has 0 amide bonds. The smallest absolute Gasteiger partial charge is 0.101 e. The van der Waals surface area contributed by atoms with Gasteiger partial charge in [-0.3, -0.25) is 0 Å². The maximum absolute atomic E-state index is 8.94. The molecule has 0 saturated heterocycles. The molecule has 76 valence electrons. The highest BCUT2D eigenvalue weighted by Crippen LogP contribution is 2.31. The van der Waals surface area contributed by atoms with E-state index in [1.807, 2.05) is 25.4 Å². The van der Waals surface area contributed by atoms with E-state index < -0.39 is 0 Å². The largest absolute Gasteiger partial charge is 0.346 e. The Labute approximate surface area is 101 Å². The lowest BCUT2D eigenvalue weighted by molar-refractivity contribution is 0.890. The molecule has 0 aromatic carbocycles. The van der Waals surface area contributed by atoms with E-state index in [2.05, 4.69) is 32.6 Å². The van der Waals surface area contributed by atoms with Crippen molar-refractivity contribution in [3.05, 3.63) is 33.2 Å². The van der Waals surface area contributed by atoms with Crippen LogP contribution >= 0.6 is 27.3 Å². The summed E-state index contributed by atoms with van der Waals surface area (Å²) in [4.78, 5) is 1.17. The molecule has 0 aliphatic heterocycles. The number of hydrogen-bond acceptors (Lipinski definition) is 2. The van der Waals surface area contributed by atoms with Crippen LogP contribution in [-0.4, -0.2) is 4.57 Å². The van der Waals surface area contributed by atoms with Crippen molar-refractivity contribution in [2.24, 2.45) is 7.05 Å². The quantitative estimate of drug-likeness (QED) is 0.783. The van der Waals surface area contributed by atoms with Gasteiger partial charge < -0.3 is 4.57 Å². The molecule has 0 saturated carbocycles. The van der Waals surface area contributed by atoms with Crippen LogP contribution in [-0.2, 0) is 7.05 Å². The second-order valence-corrected chi connectivity index (χ2v) is 5.16. The van der Waals surface area contributed by atoms with Crippen molar-refractivity contribution in [1.29, 1.82) is 5.26 Å². The van der Waals surface area contributed by atoms with Gasteiger partial charge in [0, 0.05) is 22.6 Å². The number of halogens is 1. The molecule has 0 aliphatic rings. The standard InChI is InChI=1S/C11H9BrN2S/c1-7-8(5-13)3-10(14(7)2)11-4-9(12)6-15-11/h3-4,6H,1-2H3. The third kappa shape index (κ3) is 1.73. The van der Waals surface area contributed by atoms with E-state index in [0.29, 0.717) is 0 Å². The third-order valence-corrected chi connectivity index (χ3v) is 4.19. The number of thiophene rings is 1. The molecule has 2 heterocycles. The zero-order valence-corrected chi connectivity index (χ0v) is 10.8. The average Bonchev–Trinajstić information content (AvgIpc) is 2.74. The fourth-order valence-corrected chi connectivity index (χ4v) is 2.98. The molecule has 0 N–H and O–H groups in total. The summed E-state index contributed by atoms with van der Waals surface area (Å²) in [7, 11) is 1.99. The summed E-state index contributed by atoms with van der Waals surface area (Å²) in [6, 6.07) is 6.21. The van der Waals surface area contributed by atoms with Crippen LogP contribution < -0.4 is 0 Å². The first-order chi connectivity index (χ1) is 7.13. The first-order valence-electron chi connectivity index (χ1n) is 4.44. The lowest BCUT2D eigenvalue weighted by atomic mass is 10.2. The molecule has 2 aromatic heterocycles. The number of rotatable bonds is 1. The normalized spacial score (nSPS) is 10.3. The molecule has 0 aliphatic carbocycles. The van der Waals surface area contributed by atoms with Crippen LogP contribution in [0, 0.1) is 18.3 Å². The Bertz CT molecular complexity index is 545. The topological polar surface area (TPSA) is 28.7 Å². The number of nitriles is 1. The number of hydrogen-bond donors (Lipinski definition) is 0. The van der Waals surface area contributed by atoms with Crippen molar-refractivity contribution >= 4 is 27.3 Å². The van der Waals surface area contributed by atoms with Gasteiger partial charge in [0.05, 0.1) is 16.1 Å². The van der Waals surface area contributed by atoms with Crippen LogP contribution in [0.5, 0.6) is 0 Å². The van der Waals surface area contributed by atoms with E-state index in [1.54, 1.807) is 11.3 Å². The van der Waals surface area contributed by atoms with Crippen molar-refractivity contribution in [2.45, 2.75) is 6.92 Å². The van der Waals surface area contributed by atoms with Gasteiger partial charge in [-0.15, -0.1) is 11.3 Å². The van der Waals surface area contributed by atoms with Crippen molar-refractivity contribution in [3.8, 4) is 16.6 Å². The Kier molecular flexibility index (Phi) is 2.68. The first-order valence-corrected chi connectivity index (χ1v) is 6.11. The van der Waals surface area contributed by atoms with E-state index in [0.717, 1.165) is 21.4 Å². The minimum Gasteiger partial charge on any atom is -0.346 e. The molecule has 0 radical (unpaired) electrons. The summed E-state index contributed by atoms with van der Waals surface area (Å²) in [5.41, 5.74) is 2.86. The predicted octanol–water partition coefficient (Wildman–Crippen LogP) is 3.70. The average molecular weight is 281 g/mol. The van der Waals surface area contributed by atoms with Gasteiger partial charge in [0.1, 0.15) is 6.07 Å². The maximum Gasteiger partial charge on any atom is 0.101 e. The zero-order chi connectivity index (χ0) is 11.0. The van der Waals surface area contributed by atoms with E-state index >= 15 is 0 Å². The second-order valence-electron chi connectivity index (χ2n) is 3.33. The monoisotopic (exact) mass is 280 g/mol. The molecular weight excluding hydrogens is 272 g/mol. The van der Waals surface area contributed by atoms with Gasteiger partial charge >= 0.3 is 0 Å². The van der Waals surface area contributed by atoms with Gasteiger partial charge in [0.25, 0.3) is 0 Å². The maximum atomic E-state index is 8.94. The minimum atomic E-state index is 0.747. The van der Waals surface area contributed by atoms with Crippen LogP contribution in [0.4, 0.5) is 0 Å². The molecule has 0 spiro atoms. The predicted molar refractivity (Wildman–Crippen MR) is 65.9 cm³/mol. The Morgan fingerprint density at radius 1 is 1.47 bits per heavy atom. The van der Waals surface area contributed by atoms with Gasteiger partial charge in [-0.05, 0) is 35.0 Å². The van der Waals surface area contributed by atoms with Crippen LogP contribution in [0.25, 0.3) is 10.6 Å². The Morgan fingerprint density at radius 2 is 2.20 bits per heavy atom. The Morgan fingerprint density at radius 3 is 2.67 bits per heavy atom. The molecule has 0 unspecified atom stereocenters. The number of aromatic nitrogens is 1. The molecule has 2 aromatic rings. The highest BCUT2D eigenvalue weighted by Gasteiger charge is 2.11. The Hall–Kier alpha value is -1.05. The van der Waals surface area contributed by atoms with Gasteiger partial charge in [0.15, 0.2) is 0 Å². The highest BCUT2D eigenvalue weighted by molar-refractivity contribution is 9.10. The lowest BCUT2D eigenvalue weighted by Crippen LogP contribution is -1.92. The van der Waals surface area contributed by atoms with Crippen LogP contribution in [0.3, 0.4) is 0 Å². The summed E-state index contributed by atoms with van der Waals surface area (Å²) in [5, 5.41) is 11.0. The molecule has 0 bridgehead atoms. The van der Waals surface area contributed by atoms with Crippen LogP contribution in [0.15, 0.2) is 22.0 Å². The Balaban J connectivity index is 2.60. The SMILES string of the molecule is Cc1c(C#N)cc(-c2cc(Br)cs2)n1C. The van der Waals surface area contributed by atoms with Gasteiger partial charge in [-0.2, -0.15) is 5.26 Å². The van der Waals surface area contributed by atoms with E-state index in [-0.39, 0.29) is 0 Å². The zero-order valence-electron chi connectivity index (χ0n) is 8.41. The summed E-state index contributed by atoms with van der Waals surface area (Å²) < 4.78 is 3.14. The lowest BCUT2D eigenvalue weighted by Gasteiger charge is -2.01. The molecule has 4 heteroatoms. The fourth-order valence-electron chi connectivity index (χ4n) is 1.50. The molecular formula is C11H9BrN2S. The summed E-state index contributed by atoms with van der Waals surface area (Å²) in [6.45, 7) is 1.96. The minimum absolute atomic E-state index is 0.747.